The van der Waals surface area contributed by atoms with E-state index in [1.54, 1.807) is 14.0 Å². The number of fused-ring (bicyclic) bond motifs is 1. The maximum absolute atomic E-state index is 13.9. The minimum Gasteiger partial charge on any atom is -0.313 e. The van der Waals surface area contributed by atoms with E-state index in [0.717, 1.165) is 12.1 Å². The molecular weight excluding hydrogens is 260 g/mol. The van der Waals surface area contributed by atoms with E-state index < -0.39 is 37.7 Å². The summed E-state index contributed by atoms with van der Waals surface area (Å²) in [6, 6.07) is 1.33. The average molecular weight is 275 g/mol. The lowest BCUT2D eigenvalue weighted by atomic mass is 9.91. The maximum Gasteiger partial charge on any atom is 0.184 e. The number of hydrogen-bond acceptors (Lipinski definition) is 3. The summed E-state index contributed by atoms with van der Waals surface area (Å²) in [5, 5.41) is 2.12. The fourth-order valence-electron chi connectivity index (χ4n) is 2.54. The molecule has 1 heterocycles. The molecule has 6 heteroatoms. The Morgan fingerprint density at radius 1 is 1.17 bits per heavy atom. The third-order valence-electron chi connectivity index (χ3n) is 3.76. The van der Waals surface area contributed by atoms with Crippen LogP contribution in [0.5, 0.6) is 0 Å². The molecule has 0 radical (unpaired) electrons. The standard InChI is InChI=1S/C12H15F2NO2S/c1-6-7(2)18(16,17)12-9(14)5-4-8(13)10(12)11(6)15-3/h4-7,11,15H,1-3H3. The van der Waals surface area contributed by atoms with Crippen molar-refractivity contribution < 1.29 is 17.2 Å². The highest BCUT2D eigenvalue weighted by Gasteiger charge is 2.44. The first kappa shape index (κ1) is 13.4. The number of rotatable bonds is 1. The van der Waals surface area contributed by atoms with Gasteiger partial charge < -0.3 is 5.32 Å². The maximum atomic E-state index is 13.9. The molecule has 100 valence electrons. The first-order valence-electron chi connectivity index (χ1n) is 5.71. The second kappa shape index (κ2) is 4.28. The largest absolute Gasteiger partial charge is 0.313 e. The number of benzene rings is 1. The molecule has 0 bridgehead atoms. The number of halogens is 2. The summed E-state index contributed by atoms with van der Waals surface area (Å²) >= 11 is 0. The van der Waals surface area contributed by atoms with E-state index in [4.69, 9.17) is 0 Å². The molecule has 0 aromatic heterocycles. The summed E-state index contributed by atoms with van der Waals surface area (Å²) in [7, 11) is -2.21. The predicted octanol–water partition coefficient (Wildman–Crippen LogP) is 2.04. The van der Waals surface area contributed by atoms with Crippen LogP contribution in [0.4, 0.5) is 8.78 Å². The van der Waals surface area contributed by atoms with Gasteiger partial charge >= 0.3 is 0 Å². The zero-order chi connectivity index (χ0) is 13.7. The van der Waals surface area contributed by atoms with E-state index in [1.165, 1.54) is 6.92 Å². The van der Waals surface area contributed by atoms with E-state index in [2.05, 4.69) is 5.32 Å². The Balaban J connectivity index is 2.85. The fourth-order valence-corrected chi connectivity index (χ4v) is 4.50. The van der Waals surface area contributed by atoms with Crippen LogP contribution in [0.2, 0.25) is 0 Å². The van der Waals surface area contributed by atoms with Gasteiger partial charge in [-0.1, -0.05) is 6.92 Å². The first-order valence-corrected chi connectivity index (χ1v) is 7.26. The monoisotopic (exact) mass is 275 g/mol. The van der Waals surface area contributed by atoms with Gasteiger partial charge in [-0.25, -0.2) is 17.2 Å². The second-order valence-corrected chi connectivity index (χ2v) is 6.89. The van der Waals surface area contributed by atoms with Crippen LogP contribution in [-0.4, -0.2) is 20.7 Å². The topological polar surface area (TPSA) is 46.2 Å². The first-order chi connectivity index (χ1) is 8.32. The van der Waals surface area contributed by atoms with Crippen LogP contribution in [-0.2, 0) is 9.84 Å². The van der Waals surface area contributed by atoms with Gasteiger partial charge in [-0.3, -0.25) is 0 Å². The quantitative estimate of drug-likeness (QED) is 0.853. The SMILES string of the molecule is CNC1c2c(F)ccc(F)c2S(=O)(=O)C(C)C1C. The molecule has 1 N–H and O–H groups in total. The van der Waals surface area contributed by atoms with Crippen LogP contribution >= 0.6 is 0 Å². The van der Waals surface area contributed by atoms with Crippen LogP contribution in [0.3, 0.4) is 0 Å². The molecule has 2 rings (SSSR count). The van der Waals surface area contributed by atoms with Crippen molar-refractivity contribution in [1.82, 2.24) is 5.32 Å². The van der Waals surface area contributed by atoms with Gasteiger partial charge in [0, 0.05) is 11.6 Å². The van der Waals surface area contributed by atoms with Crippen molar-refractivity contribution in [2.45, 2.75) is 30.0 Å². The lowest BCUT2D eigenvalue weighted by molar-refractivity contribution is 0.358. The molecule has 0 spiro atoms. The summed E-state index contributed by atoms with van der Waals surface area (Å²) < 4.78 is 52.1. The van der Waals surface area contributed by atoms with Crippen molar-refractivity contribution in [3.05, 3.63) is 29.3 Å². The van der Waals surface area contributed by atoms with Gasteiger partial charge in [0.25, 0.3) is 0 Å². The number of sulfone groups is 1. The molecule has 0 aliphatic carbocycles. The van der Waals surface area contributed by atoms with Crippen molar-refractivity contribution in [2.75, 3.05) is 7.05 Å². The molecule has 0 saturated carbocycles. The average Bonchev–Trinajstić information content (AvgIpc) is 2.31. The highest BCUT2D eigenvalue weighted by molar-refractivity contribution is 7.92. The lowest BCUT2D eigenvalue weighted by Crippen LogP contribution is -2.41. The van der Waals surface area contributed by atoms with Crippen LogP contribution in [0.25, 0.3) is 0 Å². The summed E-state index contributed by atoms with van der Waals surface area (Å²) in [5.74, 6) is -1.90. The molecule has 3 unspecified atom stereocenters. The fraction of sp³-hybridized carbons (Fsp3) is 0.500. The molecule has 0 amide bonds. The summed E-state index contributed by atoms with van der Waals surface area (Å²) in [5.41, 5.74) is -0.0805. The van der Waals surface area contributed by atoms with Gasteiger partial charge in [-0.15, -0.1) is 0 Å². The van der Waals surface area contributed by atoms with Crippen LogP contribution < -0.4 is 5.32 Å². The summed E-state index contributed by atoms with van der Waals surface area (Å²) in [4.78, 5) is -0.493. The van der Waals surface area contributed by atoms with Gasteiger partial charge in [0.05, 0.1) is 5.25 Å². The minimum atomic E-state index is -3.82. The Kier molecular flexibility index (Phi) is 3.19. The van der Waals surface area contributed by atoms with Crippen LogP contribution in [0.15, 0.2) is 17.0 Å². The number of hydrogen-bond donors (Lipinski definition) is 1. The molecule has 3 atom stereocenters. The Labute approximate surface area is 105 Å². The lowest BCUT2D eigenvalue weighted by Gasteiger charge is -2.35. The smallest absolute Gasteiger partial charge is 0.184 e. The summed E-state index contributed by atoms with van der Waals surface area (Å²) in [6.07, 6.45) is 0. The highest BCUT2D eigenvalue weighted by atomic mass is 32.2. The minimum absolute atomic E-state index is 0.0805. The normalized spacial score (nSPS) is 29.9. The zero-order valence-electron chi connectivity index (χ0n) is 10.4. The van der Waals surface area contributed by atoms with E-state index in [-0.39, 0.29) is 11.5 Å². The van der Waals surface area contributed by atoms with Crippen molar-refractivity contribution in [2.24, 2.45) is 5.92 Å². The summed E-state index contributed by atoms with van der Waals surface area (Å²) in [6.45, 7) is 3.24. The van der Waals surface area contributed by atoms with Crippen LogP contribution in [0.1, 0.15) is 25.5 Å². The molecular formula is C12H15F2NO2S. The Morgan fingerprint density at radius 2 is 1.72 bits per heavy atom. The molecule has 18 heavy (non-hydrogen) atoms. The van der Waals surface area contributed by atoms with Gasteiger partial charge in [0.1, 0.15) is 16.5 Å². The van der Waals surface area contributed by atoms with Gasteiger partial charge in [-0.2, -0.15) is 0 Å². The van der Waals surface area contributed by atoms with Gasteiger partial charge in [0.15, 0.2) is 9.84 Å². The third kappa shape index (κ3) is 1.66. The Bertz CT molecular complexity index is 586. The highest BCUT2D eigenvalue weighted by Crippen LogP contribution is 2.42. The molecule has 1 aromatic rings. The zero-order valence-corrected chi connectivity index (χ0v) is 11.2. The van der Waals surface area contributed by atoms with Crippen molar-refractivity contribution >= 4 is 9.84 Å². The van der Waals surface area contributed by atoms with Gasteiger partial charge in [-0.05, 0) is 32.0 Å². The third-order valence-corrected chi connectivity index (χ3v) is 6.15. The van der Waals surface area contributed by atoms with E-state index in [1.807, 2.05) is 0 Å². The molecule has 1 aromatic carbocycles. The van der Waals surface area contributed by atoms with Crippen molar-refractivity contribution in [3.8, 4) is 0 Å². The van der Waals surface area contributed by atoms with Gasteiger partial charge in [0.2, 0.25) is 0 Å². The Morgan fingerprint density at radius 3 is 2.28 bits per heavy atom. The molecule has 0 saturated heterocycles. The Hall–Kier alpha value is -1.01. The van der Waals surface area contributed by atoms with Crippen LogP contribution in [0, 0.1) is 17.6 Å². The van der Waals surface area contributed by atoms with E-state index >= 15 is 0 Å². The second-order valence-electron chi connectivity index (χ2n) is 4.65. The molecule has 1 aliphatic heterocycles. The molecule has 3 nitrogen and oxygen atoms in total. The van der Waals surface area contributed by atoms with E-state index in [0.29, 0.717) is 0 Å². The van der Waals surface area contributed by atoms with Crippen molar-refractivity contribution in [1.29, 1.82) is 0 Å². The van der Waals surface area contributed by atoms with Crippen molar-refractivity contribution in [3.63, 3.8) is 0 Å². The van der Waals surface area contributed by atoms with E-state index in [9.17, 15) is 17.2 Å². The molecule has 1 aliphatic rings. The molecule has 0 fully saturated rings. The predicted molar refractivity (Wildman–Crippen MR) is 64.0 cm³/mol. The number of nitrogens with one attached hydrogen (secondary N) is 1.